The summed E-state index contributed by atoms with van der Waals surface area (Å²) in [6.45, 7) is 3.49. The van der Waals surface area contributed by atoms with Crippen molar-refractivity contribution in [2.75, 3.05) is 13.2 Å². The van der Waals surface area contributed by atoms with Gasteiger partial charge in [-0.3, -0.25) is 0 Å². The summed E-state index contributed by atoms with van der Waals surface area (Å²) >= 11 is 5.91. The van der Waals surface area contributed by atoms with Crippen LogP contribution < -0.4 is 10.5 Å². The summed E-state index contributed by atoms with van der Waals surface area (Å²) in [5.41, 5.74) is 6.45. The lowest BCUT2D eigenvalue weighted by Gasteiger charge is -2.07. The molecule has 0 unspecified atom stereocenters. The van der Waals surface area contributed by atoms with Crippen molar-refractivity contribution in [3.8, 4) is 5.75 Å². The van der Waals surface area contributed by atoms with Gasteiger partial charge in [-0.2, -0.15) is 0 Å². The maximum Gasteiger partial charge on any atom is 0.119 e. The summed E-state index contributed by atoms with van der Waals surface area (Å²) in [6.07, 6.45) is 3.25. The van der Waals surface area contributed by atoms with Crippen LogP contribution in [0.5, 0.6) is 5.75 Å². The van der Waals surface area contributed by atoms with Gasteiger partial charge in [-0.15, -0.1) is 0 Å². The SMILES string of the molecule is Cc1cc(OCCCCCN)ccc1Cl. The first-order chi connectivity index (χ1) is 7.24. The Balaban J connectivity index is 2.28. The standard InChI is InChI=1S/C12H18ClNO/c1-10-9-11(5-6-12(10)13)15-8-4-2-3-7-14/h5-6,9H,2-4,7-8,14H2,1H3. The van der Waals surface area contributed by atoms with Crippen LogP contribution in [0.2, 0.25) is 5.02 Å². The molecule has 0 aliphatic rings. The van der Waals surface area contributed by atoms with E-state index >= 15 is 0 Å². The number of hydrogen-bond donors (Lipinski definition) is 1. The molecule has 2 nitrogen and oxygen atoms in total. The highest BCUT2D eigenvalue weighted by Gasteiger charge is 1.98. The molecule has 0 aliphatic carbocycles. The van der Waals surface area contributed by atoms with Crippen molar-refractivity contribution in [2.24, 2.45) is 5.73 Å². The molecule has 0 spiro atoms. The van der Waals surface area contributed by atoms with Gasteiger partial charge >= 0.3 is 0 Å². The lowest BCUT2D eigenvalue weighted by Crippen LogP contribution is -2.01. The van der Waals surface area contributed by atoms with E-state index in [1.165, 1.54) is 0 Å². The first kappa shape index (κ1) is 12.3. The van der Waals surface area contributed by atoms with Crippen LogP contribution in [0.3, 0.4) is 0 Å². The summed E-state index contributed by atoms with van der Waals surface area (Å²) in [5.74, 6) is 0.893. The van der Waals surface area contributed by atoms with Gasteiger partial charge in [0.1, 0.15) is 5.75 Å². The average Bonchev–Trinajstić information content (AvgIpc) is 2.23. The van der Waals surface area contributed by atoms with Crippen LogP contribution in [0.25, 0.3) is 0 Å². The quantitative estimate of drug-likeness (QED) is 0.758. The predicted octanol–water partition coefficient (Wildman–Crippen LogP) is 3.16. The molecule has 3 heteroatoms. The monoisotopic (exact) mass is 227 g/mol. The Kier molecular flexibility index (Phi) is 5.51. The minimum atomic E-state index is 0.751. The third-order valence-corrected chi connectivity index (χ3v) is 2.67. The molecule has 0 amide bonds. The van der Waals surface area contributed by atoms with Gasteiger partial charge in [0.05, 0.1) is 6.61 Å². The Morgan fingerprint density at radius 2 is 2.07 bits per heavy atom. The topological polar surface area (TPSA) is 35.2 Å². The Bertz CT molecular complexity index is 302. The second-order valence-corrected chi connectivity index (χ2v) is 4.02. The Labute approximate surface area is 96.4 Å². The van der Waals surface area contributed by atoms with Crippen molar-refractivity contribution < 1.29 is 4.74 Å². The second kappa shape index (κ2) is 6.70. The zero-order valence-electron chi connectivity index (χ0n) is 9.13. The molecule has 0 aliphatic heterocycles. The van der Waals surface area contributed by atoms with Crippen LogP contribution >= 0.6 is 11.6 Å². The van der Waals surface area contributed by atoms with E-state index in [4.69, 9.17) is 22.1 Å². The average molecular weight is 228 g/mol. The molecule has 15 heavy (non-hydrogen) atoms. The molecule has 0 bridgehead atoms. The Hall–Kier alpha value is -0.730. The molecule has 84 valence electrons. The number of ether oxygens (including phenoxy) is 1. The summed E-state index contributed by atoms with van der Waals surface area (Å²) in [5, 5.41) is 0.783. The van der Waals surface area contributed by atoms with Gasteiger partial charge in [-0.1, -0.05) is 11.6 Å². The van der Waals surface area contributed by atoms with Crippen molar-refractivity contribution in [1.29, 1.82) is 0 Å². The van der Waals surface area contributed by atoms with Gasteiger partial charge in [0.25, 0.3) is 0 Å². The summed E-state index contributed by atoms with van der Waals surface area (Å²) < 4.78 is 5.59. The molecule has 1 aromatic rings. The predicted molar refractivity (Wildman–Crippen MR) is 64.6 cm³/mol. The maximum atomic E-state index is 5.91. The van der Waals surface area contributed by atoms with Gasteiger partial charge in [0.2, 0.25) is 0 Å². The van der Waals surface area contributed by atoms with Gasteiger partial charge in [0.15, 0.2) is 0 Å². The van der Waals surface area contributed by atoms with Crippen LogP contribution in [0.1, 0.15) is 24.8 Å². The fourth-order valence-electron chi connectivity index (χ4n) is 1.32. The minimum absolute atomic E-state index is 0.751. The zero-order chi connectivity index (χ0) is 11.1. The van der Waals surface area contributed by atoms with Crippen LogP contribution in [0.4, 0.5) is 0 Å². The van der Waals surface area contributed by atoms with Gasteiger partial charge in [-0.25, -0.2) is 0 Å². The second-order valence-electron chi connectivity index (χ2n) is 3.61. The number of unbranched alkanes of at least 4 members (excludes halogenated alkanes) is 2. The number of benzene rings is 1. The third kappa shape index (κ3) is 4.54. The number of halogens is 1. The molecule has 0 fully saturated rings. The van der Waals surface area contributed by atoms with Crippen LogP contribution in [-0.4, -0.2) is 13.2 Å². The molecule has 0 atom stereocenters. The largest absolute Gasteiger partial charge is 0.494 e. The molecular formula is C12H18ClNO. The summed E-state index contributed by atoms with van der Waals surface area (Å²) in [7, 11) is 0. The fraction of sp³-hybridized carbons (Fsp3) is 0.500. The number of aryl methyl sites for hydroxylation is 1. The van der Waals surface area contributed by atoms with Crippen molar-refractivity contribution in [3.63, 3.8) is 0 Å². The summed E-state index contributed by atoms with van der Waals surface area (Å²) in [4.78, 5) is 0. The Morgan fingerprint density at radius 1 is 1.27 bits per heavy atom. The molecule has 2 N–H and O–H groups in total. The van der Waals surface area contributed by atoms with E-state index in [9.17, 15) is 0 Å². The molecule has 1 aromatic carbocycles. The molecular weight excluding hydrogens is 210 g/mol. The van der Waals surface area contributed by atoms with Crippen LogP contribution in [0.15, 0.2) is 18.2 Å². The highest BCUT2D eigenvalue weighted by Crippen LogP contribution is 2.21. The number of hydrogen-bond acceptors (Lipinski definition) is 2. The van der Waals surface area contributed by atoms with Crippen molar-refractivity contribution in [3.05, 3.63) is 28.8 Å². The normalized spacial score (nSPS) is 10.3. The first-order valence-corrected chi connectivity index (χ1v) is 5.71. The summed E-state index contributed by atoms with van der Waals surface area (Å²) in [6, 6.07) is 5.73. The lowest BCUT2D eigenvalue weighted by atomic mass is 10.2. The van der Waals surface area contributed by atoms with Gasteiger partial charge in [-0.05, 0) is 56.5 Å². The highest BCUT2D eigenvalue weighted by atomic mass is 35.5. The van der Waals surface area contributed by atoms with E-state index in [0.29, 0.717) is 0 Å². The highest BCUT2D eigenvalue weighted by molar-refractivity contribution is 6.31. The van der Waals surface area contributed by atoms with E-state index < -0.39 is 0 Å². The molecule has 1 rings (SSSR count). The smallest absolute Gasteiger partial charge is 0.119 e. The van der Waals surface area contributed by atoms with E-state index in [1.54, 1.807) is 0 Å². The van der Waals surface area contributed by atoms with Gasteiger partial charge < -0.3 is 10.5 Å². The van der Waals surface area contributed by atoms with Crippen molar-refractivity contribution >= 4 is 11.6 Å². The molecule has 0 radical (unpaired) electrons. The van der Waals surface area contributed by atoms with E-state index in [0.717, 1.165) is 48.7 Å². The third-order valence-electron chi connectivity index (χ3n) is 2.25. The maximum absolute atomic E-state index is 5.91. The van der Waals surface area contributed by atoms with E-state index in [1.807, 2.05) is 25.1 Å². The lowest BCUT2D eigenvalue weighted by molar-refractivity contribution is 0.305. The van der Waals surface area contributed by atoms with E-state index in [2.05, 4.69) is 0 Å². The number of nitrogens with two attached hydrogens (primary N) is 1. The van der Waals surface area contributed by atoms with Crippen LogP contribution in [0, 0.1) is 6.92 Å². The molecule has 0 aromatic heterocycles. The first-order valence-electron chi connectivity index (χ1n) is 5.33. The minimum Gasteiger partial charge on any atom is -0.494 e. The zero-order valence-corrected chi connectivity index (χ0v) is 9.89. The van der Waals surface area contributed by atoms with Crippen molar-refractivity contribution in [2.45, 2.75) is 26.2 Å². The van der Waals surface area contributed by atoms with Crippen LogP contribution in [-0.2, 0) is 0 Å². The molecule has 0 saturated carbocycles. The molecule has 0 saturated heterocycles. The van der Waals surface area contributed by atoms with E-state index in [-0.39, 0.29) is 0 Å². The molecule has 0 heterocycles. The number of rotatable bonds is 6. The van der Waals surface area contributed by atoms with Crippen molar-refractivity contribution in [1.82, 2.24) is 0 Å². The Morgan fingerprint density at radius 3 is 2.73 bits per heavy atom. The fourth-order valence-corrected chi connectivity index (χ4v) is 1.44. The van der Waals surface area contributed by atoms with Gasteiger partial charge in [0, 0.05) is 5.02 Å².